The Labute approximate surface area is 241 Å². The molecule has 4 aliphatic rings. The molecule has 0 saturated carbocycles. The van der Waals surface area contributed by atoms with Gasteiger partial charge >= 0.3 is 0 Å². The summed E-state index contributed by atoms with van der Waals surface area (Å²) < 4.78 is 6.69. The number of fused-ring (bicyclic) bond motifs is 11. The minimum Gasteiger partial charge on any atom is -0.456 e. The molecule has 0 aromatic heterocycles. The maximum absolute atomic E-state index is 6.69. The Kier molecular flexibility index (Phi) is 4.50. The number of para-hydroxylation sites is 2. The normalized spacial score (nSPS) is 17.7. The van der Waals surface area contributed by atoms with Gasteiger partial charge in [0.2, 0.25) is 0 Å². The first-order valence-corrected chi connectivity index (χ1v) is 14.8. The van der Waals surface area contributed by atoms with Crippen LogP contribution in [0, 0.1) is 0 Å². The van der Waals surface area contributed by atoms with E-state index in [-0.39, 0.29) is 10.8 Å². The number of benzene rings is 5. The van der Waals surface area contributed by atoms with Gasteiger partial charge in [-0.15, -0.1) is 0 Å². The molecule has 0 bridgehead atoms. The summed E-state index contributed by atoms with van der Waals surface area (Å²) in [4.78, 5) is 0. The lowest BCUT2D eigenvalue weighted by atomic mass is 9.69. The third-order valence-corrected chi connectivity index (χ3v) is 10.0. The highest BCUT2D eigenvalue weighted by atomic mass is 16.5. The zero-order chi connectivity index (χ0) is 27.3. The number of hydrogen-bond acceptors (Lipinski definition) is 1. The highest BCUT2D eigenvalue weighted by molar-refractivity contribution is 5.97. The van der Waals surface area contributed by atoms with Gasteiger partial charge in [0.05, 0.1) is 5.41 Å². The summed E-state index contributed by atoms with van der Waals surface area (Å²) in [6.45, 7) is 4.62. The molecule has 3 aliphatic carbocycles. The van der Waals surface area contributed by atoms with Crippen molar-refractivity contribution in [3.8, 4) is 33.8 Å². The van der Waals surface area contributed by atoms with Gasteiger partial charge in [0, 0.05) is 22.1 Å². The van der Waals surface area contributed by atoms with E-state index in [1.807, 2.05) is 0 Å². The lowest BCUT2D eigenvalue weighted by Gasteiger charge is -2.35. The molecule has 0 fully saturated rings. The van der Waals surface area contributed by atoms with Crippen LogP contribution in [-0.4, -0.2) is 0 Å². The predicted molar refractivity (Wildman–Crippen MR) is 168 cm³/mol. The van der Waals surface area contributed by atoms with E-state index in [0.717, 1.165) is 29.9 Å². The van der Waals surface area contributed by atoms with E-state index in [9.17, 15) is 0 Å². The topological polar surface area (TPSA) is 9.23 Å². The van der Waals surface area contributed by atoms with Crippen molar-refractivity contribution in [2.24, 2.45) is 0 Å². The largest absolute Gasteiger partial charge is 0.456 e. The van der Waals surface area contributed by atoms with Gasteiger partial charge in [-0.25, -0.2) is 0 Å². The second kappa shape index (κ2) is 7.98. The van der Waals surface area contributed by atoms with Crippen molar-refractivity contribution in [3.63, 3.8) is 0 Å². The fraction of sp³-hybridized carbons (Fsp3) is 0.150. The predicted octanol–water partition coefficient (Wildman–Crippen LogP) is 10.2. The van der Waals surface area contributed by atoms with Gasteiger partial charge in [0.1, 0.15) is 11.5 Å². The third kappa shape index (κ3) is 2.81. The van der Waals surface area contributed by atoms with E-state index in [2.05, 4.69) is 135 Å². The van der Waals surface area contributed by atoms with Crippen LogP contribution >= 0.6 is 0 Å². The first-order chi connectivity index (χ1) is 20.1. The monoisotopic (exact) mass is 526 g/mol. The second-order valence-electron chi connectivity index (χ2n) is 12.3. The van der Waals surface area contributed by atoms with Crippen LogP contribution in [0.1, 0.15) is 60.1 Å². The fourth-order valence-corrected chi connectivity index (χ4v) is 8.24. The van der Waals surface area contributed by atoms with Crippen LogP contribution in [0.5, 0.6) is 11.5 Å². The van der Waals surface area contributed by atoms with E-state index < -0.39 is 0 Å². The summed E-state index contributed by atoms with van der Waals surface area (Å²) >= 11 is 0. The molecule has 1 heterocycles. The Morgan fingerprint density at radius 2 is 1.22 bits per heavy atom. The van der Waals surface area contributed by atoms with Crippen molar-refractivity contribution in [1.29, 1.82) is 0 Å². The van der Waals surface area contributed by atoms with Gasteiger partial charge in [-0.05, 0) is 75.1 Å². The Balaban J connectivity index is 1.29. The van der Waals surface area contributed by atoms with Crippen LogP contribution in [0.25, 0.3) is 27.8 Å². The summed E-state index contributed by atoms with van der Waals surface area (Å²) in [5, 5.41) is 0. The van der Waals surface area contributed by atoms with Crippen molar-refractivity contribution in [2.45, 2.75) is 37.5 Å². The Morgan fingerprint density at radius 3 is 2.00 bits per heavy atom. The number of ether oxygens (including phenoxy) is 1. The maximum atomic E-state index is 6.69. The molecule has 1 spiro atoms. The molecule has 0 atom stereocenters. The van der Waals surface area contributed by atoms with Crippen LogP contribution in [0.2, 0.25) is 0 Å². The van der Waals surface area contributed by atoms with Crippen LogP contribution in [0.15, 0.2) is 127 Å². The van der Waals surface area contributed by atoms with E-state index in [1.165, 1.54) is 61.2 Å². The molecule has 0 unspecified atom stereocenters. The molecule has 5 aromatic rings. The minimum atomic E-state index is -0.263. The third-order valence-electron chi connectivity index (χ3n) is 10.0. The van der Waals surface area contributed by atoms with Crippen molar-refractivity contribution >= 4 is 5.57 Å². The first-order valence-electron chi connectivity index (χ1n) is 14.8. The quantitative estimate of drug-likeness (QED) is 0.211. The molecule has 0 N–H and O–H groups in total. The molecule has 0 saturated heterocycles. The SMILES string of the molecule is CC1(C)c2ccccc2Oc2c(-c3ccc4c(c3)C3=C(C=CCC3)C43c4ccccc4-c4ccccc43)cccc21. The van der Waals surface area contributed by atoms with Crippen LogP contribution in [0.4, 0.5) is 0 Å². The molecule has 1 heteroatoms. The Hall–Kier alpha value is -4.62. The van der Waals surface area contributed by atoms with Crippen molar-refractivity contribution in [3.05, 3.63) is 160 Å². The lowest BCUT2D eigenvalue weighted by molar-refractivity contribution is 0.419. The summed E-state index contributed by atoms with van der Waals surface area (Å²) in [5.41, 5.74) is 15.7. The van der Waals surface area contributed by atoms with Gasteiger partial charge in [0.15, 0.2) is 0 Å². The highest BCUT2D eigenvalue weighted by Gasteiger charge is 2.52. The number of hydrogen-bond donors (Lipinski definition) is 0. The molecule has 9 rings (SSSR count). The average molecular weight is 527 g/mol. The molecule has 0 radical (unpaired) electrons. The summed E-state index contributed by atoms with van der Waals surface area (Å²) in [6.07, 6.45) is 6.94. The molecule has 5 aromatic carbocycles. The Bertz CT molecular complexity index is 1950. The Morgan fingerprint density at radius 1 is 0.585 bits per heavy atom. The van der Waals surface area contributed by atoms with E-state index >= 15 is 0 Å². The van der Waals surface area contributed by atoms with E-state index in [0.29, 0.717) is 0 Å². The van der Waals surface area contributed by atoms with Crippen molar-refractivity contribution in [1.82, 2.24) is 0 Å². The van der Waals surface area contributed by atoms with Gasteiger partial charge < -0.3 is 4.74 Å². The van der Waals surface area contributed by atoms with E-state index in [1.54, 1.807) is 0 Å². The summed E-state index contributed by atoms with van der Waals surface area (Å²) in [5.74, 6) is 1.94. The molecule has 1 aliphatic heterocycles. The van der Waals surface area contributed by atoms with E-state index in [4.69, 9.17) is 4.74 Å². The lowest BCUT2D eigenvalue weighted by Crippen LogP contribution is -2.27. The minimum absolute atomic E-state index is 0.137. The standard InChI is InChI=1S/C40H30O/c1-39(2)35-19-9-10-21-37(35)41-38-26(15-11-20-36(38)39)25-22-23-34-30(24-25)29-14-5-8-18-33(29)40(34)31-16-6-3-12-27(31)28-13-4-7-17-32(28)40/h3-4,6-13,15-24H,5,14H2,1-2H3. The first kappa shape index (κ1) is 23.1. The number of allylic oxidation sites excluding steroid dienone is 4. The maximum Gasteiger partial charge on any atom is 0.139 e. The molecular formula is C40H30O. The van der Waals surface area contributed by atoms with Gasteiger partial charge in [-0.1, -0.05) is 123 Å². The fourth-order valence-electron chi connectivity index (χ4n) is 8.24. The molecule has 0 amide bonds. The molecule has 1 nitrogen and oxygen atoms in total. The molecular weight excluding hydrogens is 496 g/mol. The van der Waals surface area contributed by atoms with Gasteiger partial charge in [0.25, 0.3) is 0 Å². The zero-order valence-electron chi connectivity index (χ0n) is 23.4. The highest BCUT2D eigenvalue weighted by Crippen LogP contribution is 2.63. The van der Waals surface area contributed by atoms with Gasteiger partial charge in [-0.3, -0.25) is 0 Å². The summed E-state index contributed by atoms with van der Waals surface area (Å²) in [7, 11) is 0. The summed E-state index contributed by atoms with van der Waals surface area (Å²) in [6, 6.07) is 40.4. The van der Waals surface area contributed by atoms with Gasteiger partial charge in [-0.2, -0.15) is 0 Å². The zero-order valence-corrected chi connectivity index (χ0v) is 23.4. The average Bonchev–Trinajstić information content (AvgIpc) is 3.48. The van der Waals surface area contributed by atoms with Crippen LogP contribution in [0.3, 0.4) is 0 Å². The van der Waals surface area contributed by atoms with Crippen molar-refractivity contribution in [2.75, 3.05) is 0 Å². The number of rotatable bonds is 1. The smallest absolute Gasteiger partial charge is 0.139 e. The molecule has 41 heavy (non-hydrogen) atoms. The van der Waals surface area contributed by atoms with Crippen LogP contribution < -0.4 is 4.74 Å². The van der Waals surface area contributed by atoms with Crippen LogP contribution in [-0.2, 0) is 10.8 Å². The molecule has 196 valence electrons. The van der Waals surface area contributed by atoms with Crippen molar-refractivity contribution < 1.29 is 4.74 Å². The second-order valence-corrected chi connectivity index (χ2v) is 12.3.